The number of benzene rings is 2. The third-order valence-corrected chi connectivity index (χ3v) is 5.42. The second-order valence-electron chi connectivity index (χ2n) is 6.53. The predicted molar refractivity (Wildman–Crippen MR) is 116 cm³/mol. The molecule has 0 saturated carbocycles. The summed E-state index contributed by atoms with van der Waals surface area (Å²) in [6.45, 7) is 2.67. The van der Waals surface area contributed by atoms with Crippen LogP contribution in [0.25, 0.3) is 10.2 Å². The summed E-state index contributed by atoms with van der Waals surface area (Å²) < 4.78 is 8.11. The summed E-state index contributed by atoms with van der Waals surface area (Å²) in [5.41, 5.74) is 3.69. The Kier molecular flexibility index (Phi) is 5.44. The minimum absolute atomic E-state index is 0.217. The molecule has 0 radical (unpaired) electrons. The normalized spacial score (nSPS) is 10.8. The summed E-state index contributed by atoms with van der Waals surface area (Å²) in [5.74, 6) is -0.623. The van der Waals surface area contributed by atoms with Crippen LogP contribution in [0.15, 0.2) is 72.1 Å². The van der Waals surface area contributed by atoms with Gasteiger partial charge in [0, 0.05) is 12.2 Å². The molecule has 0 aliphatic carbocycles. The SMILES string of the molecule is CCOC(=O)c1cccc(NC(=O)c2cc3sccc3n2Cc2ccccc2)c1. The Morgan fingerprint density at radius 2 is 1.86 bits per heavy atom. The largest absolute Gasteiger partial charge is 0.462 e. The van der Waals surface area contributed by atoms with Crippen molar-refractivity contribution in [2.75, 3.05) is 11.9 Å². The van der Waals surface area contributed by atoms with Crippen LogP contribution in [0.5, 0.6) is 0 Å². The molecule has 2 heterocycles. The van der Waals surface area contributed by atoms with Crippen LogP contribution in [0.1, 0.15) is 33.3 Å². The standard InChI is InChI=1S/C23H20N2O3S/c1-2-28-23(27)17-9-6-10-18(13-17)24-22(26)20-14-21-19(11-12-29-21)25(20)15-16-7-4-3-5-8-16/h3-14H,2,15H2,1H3,(H,24,26). The third kappa shape index (κ3) is 4.07. The number of anilines is 1. The van der Waals surface area contributed by atoms with Crippen LogP contribution in [0, 0.1) is 0 Å². The van der Waals surface area contributed by atoms with Gasteiger partial charge in [-0.05, 0) is 48.2 Å². The molecule has 146 valence electrons. The van der Waals surface area contributed by atoms with Gasteiger partial charge in [-0.2, -0.15) is 0 Å². The molecule has 0 saturated heterocycles. The number of rotatable bonds is 6. The number of amides is 1. The lowest BCUT2D eigenvalue weighted by molar-refractivity contribution is 0.0526. The summed E-state index contributed by atoms with van der Waals surface area (Å²) in [5, 5.41) is 4.93. The topological polar surface area (TPSA) is 60.3 Å². The average molecular weight is 404 g/mol. The van der Waals surface area contributed by atoms with E-state index in [0.29, 0.717) is 30.1 Å². The Morgan fingerprint density at radius 1 is 1.03 bits per heavy atom. The van der Waals surface area contributed by atoms with Gasteiger partial charge in [-0.1, -0.05) is 36.4 Å². The Morgan fingerprint density at radius 3 is 2.66 bits per heavy atom. The highest BCUT2D eigenvalue weighted by Crippen LogP contribution is 2.27. The van der Waals surface area contributed by atoms with Crippen molar-refractivity contribution in [3.05, 3.63) is 88.9 Å². The average Bonchev–Trinajstić information content (AvgIpc) is 3.32. The van der Waals surface area contributed by atoms with Crippen LogP contribution >= 0.6 is 11.3 Å². The molecule has 0 spiro atoms. The monoisotopic (exact) mass is 404 g/mol. The second-order valence-corrected chi connectivity index (χ2v) is 7.47. The van der Waals surface area contributed by atoms with E-state index in [2.05, 4.69) is 5.32 Å². The lowest BCUT2D eigenvalue weighted by Crippen LogP contribution is -2.18. The van der Waals surface area contributed by atoms with Crippen LogP contribution in [0.4, 0.5) is 5.69 Å². The maximum atomic E-state index is 13.1. The zero-order valence-corrected chi connectivity index (χ0v) is 16.7. The van der Waals surface area contributed by atoms with Crippen LogP contribution in [-0.4, -0.2) is 23.1 Å². The fourth-order valence-electron chi connectivity index (χ4n) is 3.24. The number of carbonyl (C=O) groups is 2. The lowest BCUT2D eigenvalue weighted by Gasteiger charge is -2.12. The zero-order chi connectivity index (χ0) is 20.2. The number of hydrogen-bond acceptors (Lipinski definition) is 4. The molecule has 1 amide bonds. The van der Waals surface area contributed by atoms with Crippen LogP contribution < -0.4 is 5.32 Å². The minimum Gasteiger partial charge on any atom is -0.462 e. The van der Waals surface area contributed by atoms with Gasteiger partial charge in [0.1, 0.15) is 5.69 Å². The van der Waals surface area contributed by atoms with Gasteiger partial charge in [0.25, 0.3) is 5.91 Å². The fraction of sp³-hybridized carbons (Fsp3) is 0.130. The molecule has 2 aromatic carbocycles. The van der Waals surface area contributed by atoms with Crippen molar-refractivity contribution in [3.63, 3.8) is 0 Å². The molecule has 0 fully saturated rings. The number of hydrogen-bond donors (Lipinski definition) is 1. The molecule has 0 bridgehead atoms. The smallest absolute Gasteiger partial charge is 0.338 e. The summed E-state index contributed by atoms with van der Waals surface area (Å²) in [6, 6.07) is 20.8. The van der Waals surface area contributed by atoms with Gasteiger partial charge in [-0.25, -0.2) is 4.79 Å². The van der Waals surface area contributed by atoms with Crippen molar-refractivity contribution in [2.24, 2.45) is 0 Å². The van der Waals surface area contributed by atoms with Crippen molar-refractivity contribution in [1.82, 2.24) is 4.57 Å². The second kappa shape index (κ2) is 8.32. The minimum atomic E-state index is -0.406. The van der Waals surface area contributed by atoms with Crippen molar-refractivity contribution < 1.29 is 14.3 Å². The number of esters is 1. The van der Waals surface area contributed by atoms with E-state index < -0.39 is 5.97 Å². The van der Waals surface area contributed by atoms with E-state index in [1.165, 1.54) is 0 Å². The summed E-state index contributed by atoms with van der Waals surface area (Å²) in [4.78, 5) is 25.0. The van der Waals surface area contributed by atoms with E-state index in [0.717, 1.165) is 15.8 Å². The van der Waals surface area contributed by atoms with E-state index in [1.807, 2.05) is 52.4 Å². The van der Waals surface area contributed by atoms with Crippen molar-refractivity contribution in [1.29, 1.82) is 0 Å². The fourth-order valence-corrected chi connectivity index (χ4v) is 4.06. The molecule has 2 aromatic heterocycles. The number of aromatic nitrogens is 1. The zero-order valence-electron chi connectivity index (χ0n) is 15.9. The highest BCUT2D eigenvalue weighted by molar-refractivity contribution is 7.17. The summed E-state index contributed by atoms with van der Waals surface area (Å²) in [7, 11) is 0. The molecule has 4 rings (SSSR count). The first-order valence-electron chi connectivity index (χ1n) is 9.35. The number of ether oxygens (including phenoxy) is 1. The van der Waals surface area contributed by atoms with Gasteiger partial charge >= 0.3 is 5.97 Å². The number of nitrogens with one attached hydrogen (secondary N) is 1. The Labute approximate surface area is 172 Å². The number of thiophene rings is 1. The van der Waals surface area contributed by atoms with Gasteiger partial charge in [-0.15, -0.1) is 11.3 Å². The molecule has 1 N–H and O–H groups in total. The molecule has 6 heteroatoms. The maximum absolute atomic E-state index is 13.1. The number of carbonyl (C=O) groups excluding carboxylic acids is 2. The molecule has 5 nitrogen and oxygen atoms in total. The number of fused-ring (bicyclic) bond motifs is 1. The highest BCUT2D eigenvalue weighted by Gasteiger charge is 2.17. The highest BCUT2D eigenvalue weighted by atomic mass is 32.1. The first-order valence-corrected chi connectivity index (χ1v) is 10.2. The number of nitrogens with zero attached hydrogens (tertiary/aromatic N) is 1. The van der Waals surface area contributed by atoms with Gasteiger partial charge in [-0.3, -0.25) is 4.79 Å². The summed E-state index contributed by atoms with van der Waals surface area (Å²) in [6.07, 6.45) is 0. The van der Waals surface area contributed by atoms with Gasteiger partial charge in [0.15, 0.2) is 0 Å². The van der Waals surface area contributed by atoms with E-state index in [9.17, 15) is 9.59 Å². The Balaban J connectivity index is 1.62. The molecule has 0 atom stereocenters. The molecule has 0 aliphatic heterocycles. The summed E-state index contributed by atoms with van der Waals surface area (Å²) >= 11 is 1.61. The molecular weight excluding hydrogens is 384 g/mol. The molecule has 4 aromatic rings. The van der Waals surface area contributed by atoms with Gasteiger partial charge in [0.05, 0.1) is 22.4 Å². The van der Waals surface area contributed by atoms with Crippen LogP contribution in [-0.2, 0) is 11.3 Å². The van der Waals surface area contributed by atoms with Crippen molar-refractivity contribution >= 4 is 39.1 Å². The first kappa shape index (κ1) is 19.0. The van der Waals surface area contributed by atoms with Crippen molar-refractivity contribution in [3.8, 4) is 0 Å². The van der Waals surface area contributed by atoms with Crippen LogP contribution in [0.2, 0.25) is 0 Å². The van der Waals surface area contributed by atoms with Gasteiger partial charge < -0.3 is 14.6 Å². The Bertz CT molecular complexity index is 1160. The molecular formula is C23H20N2O3S. The van der Waals surface area contributed by atoms with E-state index in [4.69, 9.17) is 4.74 Å². The quantitative estimate of drug-likeness (QED) is 0.451. The molecule has 29 heavy (non-hydrogen) atoms. The van der Waals surface area contributed by atoms with E-state index >= 15 is 0 Å². The van der Waals surface area contributed by atoms with E-state index in [1.54, 1.807) is 42.5 Å². The lowest BCUT2D eigenvalue weighted by atomic mass is 10.2. The Hall–Kier alpha value is -3.38. The van der Waals surface area contributed by atoms with Crippen molar-refractivity contribution in [2.45, 2.75) is 13.5 Å². The first-order chi connectivity index (χ1) is 14.2. The maximum Gasteiger partial charge on any atom is 0.338 e. The van der Waals surface area contributed by atoms with Gasteiger partial charge in [0.2, 0.25) is 0 Å². The predicted octanol–water partition coefficient (Wildman–Crippen LogP) is 5.18. The molecule has 0 aliphatic rings. The van der Waals surface area contributed by atoms with E-state index in [-0.39, 0.29) is 5.91 Å². The molecule has 0 unspecified atom stereocenters. The third-order valence-electron chi connectivity index (χ3n) is 4.57. The van der Waals surface area contributed by atoms with Crippen LogP contribution in [0.3, 0.4) is 0 Å².